The molecule has 1 unspecified atom stereocenters. The van der Waals surface area contributed by atoms with E-state index in [0.29, 0.717) is 15.6 Å². The fraction of sp³-hybridized carbons (Fsp3) is 0.0769. The Hall–Kier alpha value is -1.09. The zero-order chi connectivity index (χ0) is 12.4. The molecule has 0 aliphatic carbocycles. The number of hydrogen-bond donors (Lipinski definition) is 1. The van der Waals surface area contributed by atoms with Gasteiger partial charge in [0.25, 0.3) is 0 Å². The van der Waals surface area contributed by atoms with Gasteiger partial charge in [-0.05, 0) is 29.8 Å². The van der Waals surface area contributed by atoms with Gasteiger partial charge in [-0.15, -0.1) is 0 Å². The summed E-state index contributed by atoms with van der Waals surface area (Å²) in [6.07, 6.45) is 0. The molecule has 0 amide bonds. The number of halogens is 3. The molecule has 0 aliphatic rings. The fourth-order valence-corrected chi connectivity index (χ4v) is 1.89. The average Bonchev–Trinajstić information content (AvgIpc) is 2.29. The third-order valence-corrected chi connectivity index (χ3v) is 3.01. The van der Waals surface area contributed by atoms with Crippen molar-refractivity contribution in [2.45, 2.75) is 6.04 Å². The Bertz CT molecular complexity index is 525. The van der Waals surface area contributed by atoms with Crippen LogP contribution < -0.4 is 5.73 Å². The van der Waals surface area contributed by atoms with Gasteiger partial charge in [-0.2, -0.15) is 0 Å². The van der Waals surface area contributed by atoms with Crippen LogP contribution in [0.5, 0.6) is 0 Å². The minimum Gasteiger partial charge on any atom is -0.320 e. The van der Waals surface area contributed by atoms with Gasteiger partial charge in [0.2, 0.25) is 0 Å². The molecule has 0 saturated carbocycles. The largest absolute Gasteiger partial charge is 0.320 e. The lowest BCUT2D eigenvalue weighted by atomic mass is 9.99. The molecule has 0 spiro atoms. The molecule has 0 aromatic heterocycles. The van der Waals surface area contributed by atoms with E-state index in [1.807, 2.05) is 0 Å². The monoisotopic (exact) mass is 269 g/mol. The van der Waals surface area contributed by atoms with Gasteiger partial charge >= 0.3 is 0 Å². The van der Waals surface area contributed by atoms with Crippen molar-refractivity contribution in [2.75, 3.05) is 0 Å². The van der Waals surface area contributed by atoms with Crippen molar-refractivity contribution >= 4 is 23.2 Å². The molecular weight excluding hydrogens is 260 g/mol. The maximum absolute atomic E-state index is 13.7. The van der Waals surface area contributed by atoms with Crippen LogP contribution in [0.15, 0.2) is 42.5 Å². The summed E-state index contributed by atoms with van der Waals surface area (Å²) < 4.78 is 13.7. The predicted molar refractivity (Wildman–Crippen MR) is 68.9 cm³/mol. The molecule has 1 atom stereocenters. The van der Waals surface area contributed by atoms with Gasteiger partial charge < -0.3 is 5.73 Å². The van der Waals surface area contributed by atoms with Gasteiger partial charge in [0.05, 0.1) is 6.04 Å². The third-order valence-electron chi connectivity index (χ3n) is 2.53. The van der Waals surface area contributed by atoms with E-state index in [2.05, 4.69) is 0 Å². The molecule has 17 heavy (non-hydrogen) atoms. The highest BCUT2D eigenvalue weighted by atomic mass is 35.5. The Morgan fingerprint density at radius 1 is 0.941 bits per heavy atom. The normalized spacial score (nSPS) is 12.5. The SMILES string of the molecule is NC(c1ccc(Cl)cc1)c1ccc(Cl)cc1F. The molecule has 0 heterocycles. The molecule has 0 aliphatic heterocycles. The van der Waals surface area contributed by atoms with Crippen LogP contribution in [0.4, 0.5) is 4.39 Å². The molecule has 0 saturated heterocycles. The van der Waals surface area contributed by atoms with E-state index in [1.54, 1.807) is 36.4 Å². The fourth-order valence-electron chi connectivity index (χ4n) is 1.60. The standard InChI is InChI=1S/C13H10Cl2FN/c14-9-3-1-8(2-4-9)13(17)11-6-5-10(15)7-12(11)16/h1-7,13H,17H2. The van der Waals surface area contributed by atoms with E-state index in [0.717, 1.165) is 5.56 Å². The number of nitrogens with two attached hydrogens (primary N) is 1. The Morgan fingerprint density at radius 3 is 2.12 bits per heavy atom. The third kappa shape index (κ3) is 2.78. The first-order valence-corrected chi connectivity index (χ1v) is 5.79. The van der Waals surface area contributed by atoms with Gasteiger partial charge in [0, 0.05) is 15.6 Å². The Labute approximate surface area is 109 Å². The zero-order valence-corrected chi connectivity index (χ0v) is 10.3. The number of benzene rings is 2. The summed E-state index contributed by atoms with van der Waals surface area (Å²) in [4.78, 5) is 0. The predicted octanol–water partition coefficient (Wildman–Crippen LogP) is 4.18. The maximum Gasteiger partial charge on any atom is 0.129 e. The second-order valence-electron chi connectivity index (χ2n) is 3.70. The highest BCUT2D eigenvalue weighted by molar-refractivity contribution is 6.30. The van der Waals surface area contributed by atoms with Crippen molar-refractivity contribution in [2.24, 2.45) is 5.73 Å². The Morgan fingerprint density at radius 2 is 1.53 bits per heavy atom. The van der Waals surface area contributed by atoms with Gasteiger partial charge in [0.15, 0.2) is 0 Å². The van der Waals surface area contributed by atoms with Crippen LogP contribution in [0.1, 0.15) is 17.2 Å². The summed E-state index contributed by atoms with van der Waals surface area (Å²) in [5, 5.41) is 0.979. The summed E-state index contributed by atoms with van der Waals surface area (Å²) in [6, 6.07) is 11.0. The highest BCUT2D eigenvalue weighted by Gasteiger charge is 2.13. The summed E-state index contributed by atoms with van der Waals surface area (Å²) in [5.41, 5.74) is 7.21. The molecule has 2 aromatic carbocycles. The molecule has 1 nitrogen and oxygen atoms in total. The van der Waals surface area contributed by atoms with Crippen LogP contribution in [0.3, 0.4) is 0 Å². The first-order chi connectivity index (χ1) is 8.08. The van der Waals surface area contributed by atoms with Crippen molar-refractivity contribution in [1.82, 2.24) is 0 Å². The summed E-state index contributed by atoms with van der Waals surface area (Å²) in [5.74, 6) is -0.403. The Balaban J connectivity index is 2.36. The average molecular weight is 270 g/mol. The molecule has 2 rings (SSSR count). The topological polar surface area (TPSA) is 26.0 Å². The quantitative estimate of drug-likeness (QED) is 0.870. The summed E-state index contributed by atoms with van der Waals surface area (Å²) in [7, 11) is 0. The highest BCUT2D eigenvalue weighted by Crippen LogP contribution is 2.25. The lowest BCUT2D eigenvalue weighted by Gasteiger charge is -2.13. The van der Waals surface area contributed by atoms with Crippen LogP contribution in [0, 0.1) is 5.82 Å². The van der Waals surface area contributed by atoms with E-state index >= 15 is 0 Å². The molecule has 2 N–H and O–H groups in total. The van der Waals surface area contributed by atoms with Crippen molar-refractivity contribution < 1.29 is 4.39 Å². The zero-order valence-electron chi connectivity index (χ0n) is 8.83. The minimum atomic E-state index is -0.524. The van der Waals surface area contributed by atoms with Crippen molar-refractivity contribution in [3.05, 3.63) is 69.5 Å². The first-order valence-electron chi connectivity index (χ1n) is 5.04. The van der Waals surface area contributed by atoms with Crippen molar-refractivity contribution in [3.63, 3.8) is 0 Å². The van der Waals surface area contributed by atoms with Crippen LogP contribution in [-0.2, 0) is 0 Å². The maximum atomic E-state index is 13.7. The van der Waals surface area contributed by atoms with Gasteiger partial charge in [-0.3, -0.25) is 0 Å². The summed E-state index contributed by atoms with van der Waals surface area (Å²) >= 11 is 11.5. The molecule has 2 aromatic rings. The van der Waals surface area contributed by atoms with Crippen LogP contribution >= 0.6 is 23.2 Å². The van der Waals surface area contributed by atoms with E-state index in [9.17, 15) is 4.39 Å². The lowest BCUT2D eigenvalue weighted by molar-refractivity contribution is 0.600. The molecule has 4 heteroatoms. The van der Waals surface area contributed by atoms with Crippen LogP contribution in [-0.4, -0.2) is 0 Å². The van der Waals surface area contributed by atoms with Crippen LogP contribution in [0.25, 0.3) is 0 Å². The minimum absolute atomic E-state index is 0.356. The Kier molecular flexibility index (Phi) is 3.67. The van der Waals surface area contributed by atoms with Crippen molar-refractivity contribution in [3.8, 4) is 0 Å². The summed E-state index contributed by atoms with van der Waals surface area (Å²) in [6.45, 7) is 0. The van der Waals surface area contributed by atoms with E-state index in [4.69, 9.17) is 28.9 Å². The van der Waals surface area contributed by atoms with E-state index in [1.165, 1.54) is 6.07 Å². The number of rotatable bonds is 2. The lowest BCUT2D eigenvalue weighted by Crippen LogP contribution is -2.13. The number of hydrogen-bond acceptors (Lipinski definition) is 1. The van der Waals surface area contributed by atoms with Gasteiger partial charge in [-0.1, -0.05) is 41.4 Å². The first kappa shape index (κ1) is 12.4. The second-order valence-corrected chi connectivity index (χ2v) is 4.57. The molecule has 0 bridgehead atoms. The van der Waals surface area contributed by atoms with E-state index < -0.39 is 11.9 Å². The smallest absolute Gasteiger partial charge is 0.129 e. The van der Waals surface area contributed by atoms with Gasteiger partial charge in [0.1, 0.15) is 5.82 Å². The molecule has 88 valence electrons. The molecular formula is C13H10Cl2FN. The molecule has 0 fully saturated rings. The van der Waals surface area contributed by atoms with Gasteiger partial charge in [-0.25, -0.2) is 4.39 Å². The molecule has 0 radical (unpaired) electrons. The van der Waals surface area contributed by atoms with Crippen LogP contribution in [0.2, 0.25) is 10.0 Å². The van der Waals surface area contributed by atoms with Crippen molar-refractivity contribution in [1.29, 1.82) is 0 Å². The van der Waals surface area contributed by atoms with E-state index in [-0.39, 0.29) is 0 Å². The second kappa shape index (κ2) is 5.05.